The number of urea groups is 1. The molecule has 0 saturated carbocycles. The molecule has 13 heavy (non-hydrogen) atoms. The molecule has 0 rings (SSSR count). The predicted octanol–water partition coefficient (Wildman–Crippen LogP) is -3.07. The number of hydrogen-bond donors (Lipinski definition) is 8. The highest BCUT2D eigenvalue weighted by molar-refractivity contribution is 7.45. The van der Waals surface area contributed by atoms with Gasteiger partial charge in [0.05, 0.1) is 0 Å². The zero-order valence-electron chi connectivity index (χ0n) is 6.41. The maximum absolute atomic E-state index is 9.00. The van der Waals surface area contributed by atoms with Crippen LogP contribution >= 0.6 is 7.82 Å². The summed E-state index contributed by atoms with van der Waals surface area (Å²) in [4.78, 5) is 30.6. The minimum Gasteiger partial charge on any atom is -0.370 e. The largest absolute Gasteiger partial charge is 0.466 e. The molecule has 0 aliphatic carbocycles. The molecule has 11 heteroatoms. The summed E-state index contributed by atoms with van der Waals surface area (Å²) in [5.41, 5.74) is 17.4. The molecule has 2 amide bonds. The zero-order valence-corrected chi connectivity index (χ0v) is 7.31. The Balaban J connectivity index is -0.000000117. The molecular weight excluding hydrogens is 205 g/mol. The van der Waals surface area contributed by atoms with Crippen LogP contribution in [0.25, 0.3) is 0 Å². The molecule has 0 radical (unpaired) electrons. The number of primary amides is 2. The van der Waals surface area contributed by atoms with Crippen LogP contribution in [0.15, 0.2) is 0 Å². The Morgan fingerprint density at radius 2 is 1.08 bits per heavy atom. The summed E-state index contributed by atoms with van der Waals surface area (Å²) in [6.45, 7) is 0. The molecule has 0 atom stereocenters. The van der Waals surface area contributed by atoms with Crippen LogP contribution < -0.4 is 22.9 Å². The number of amides is 2. The van der Waals surface area contributed by atoms with Gasteiger partial charge in [-0.2, -0.15) is 0 Å². The molecular formula is C2H12N5O5P. The fourth-order valence-electron chi connectivity index (χ4n) is 0. The van der Waals surface area contributed by atoms with Gasteiger partial charge >= 0.3 is 13.9 Å². The van der Waals surface area contributed by atoms with E-state index in [0.29, 0.717) is 0 Å². The summed E-state index contributed by atoms with van der Waals surface area (Å²) in [6.07, 6.45) is 0. The number of phosphoric acid groups is 1. The van der Waals surface area contributed by atoms with Crippen molar-refractivity contribution in [2.45, 2.75) is 0 Å². The fraction of sp³-hybridized carbons (Fsp3) is 0. The Hall–Kier alpha value is -1.35. The first-order valence-corrected chi connectivity index (χ1v) is 3.96. The van der Waals surface area contributed by atoms with Crippen molar-refractivity contribution in [3.05, 3.63) is 0 Å². The monoisotopic (exact) mass is 217 g/mol. The maximum atomic E-state index is 9.00. The third-order valence-corrected chi connectivity index (χ3v) is 0. The third-order valence-electron chi connectivity index (χ3n) is 0. The van der Waals surface area contributed by atoms with E-state index in [1.54, 1.807) is 0 Å². The second kappa shape index (κ2) is 8.74. The first-order chi connectivity index (χ1) is 5.46. The number of carbonyl (C=O) groups excluding carboxylic acids is 1. The average molecular weight is 217 g/mol. The molecule has 12 N–H and O–H groups in total. The van der Waals surface area contributed by atoms with Gasteiger partial charge in [-0.1, -0.05) is 0 Å². The van der Waals surface area contributed by atoms with Gasteiger partial charge in [0.2, 0.25) is 0 Å². The average Bonchev–Trinajstić information content (AvgIpc) is 1.50. The maximum Gasteiger partial charge on any atom is 0.466 e. The molecule has 0 aliphatic rings. The normalized spacial score (nSPS) is 8.23. The highest BCUT2D eigenvalue weighted by atomic mass is 31.2. The highest BCUT2D eigenvalue weighted by Gasteiger charge is 2.00. The van der Waals surface area contributed by atoms with E-state index in [1.807, 2.05) is 0 Å². The van der Waals surface area contributed by atoms with E-state index in [-0.39, 0.29) is 5.96 Å². The van der Waals surface area contributed by atoms with Crippen molar-refractivity contribution >= 4 is 19.8 Å². The van der Waals surface area contributed by atoms with Crippen LogP contribution in [0, 0.1) is 5.41 Å². The van der Waals surface area contributed by atoms with Gasteiger partial charge in [-0.15, -0.1) is 0 Å². The van der Waals surface area contributed by atoms with Crippen molar-refractivity contribution in [3.63, 3.8) is 0 Å². The number of guanidine groups is 1. The van der Waals surface area contributed by atoms with Crippen LogP contribution in [0.3, 0.4) is 0 Å². The van der Waals surface area contributed by atoms with Crippen molar-refractivity contribution in [3.8, 4) is 0 Å². The Bertz CT molecular complexity index is 171. The van der Waals surface area contributed by atoms with E-state index >= 15 is 0 Å². The quantitative estimate of drug-likeness (QED) is 0.118. The van der Waals surface area contributed by atoms with Gasteiger partial charge in [0, 0.05) is 0 Å². The van der Waals surface area contributed by atoms with E-state index in [1.165, 1.54) is 0 Å². The zero-order chi connectivity index (χ0) is 11.7. The van der Waals surface area contributed by atoms with Gasteiger partial charge in [-0.05, 0) is 0 Å². The number of hydrogen-bond acceptors (Lipinski definition) is 3. The first kappa shape index (κ1) is 17.7. The predicted molar refractivity (Wildman–Crippen MR) is 44.1 cm³/mol. The first-order valence-electron chi connectivity index (χ1n) is 2.39. The number of rotatable bonds is 0. The third kappa shape index (κ3) is 437. The second-order valence-electron chi connectivity index (χ2n) is 1.37. The van der Waals surface area contributed by atoms with Gasteiger partial charge in [0.15, 0.2) is 5.96 Å². The summed E-state index contributed by atoms with van der Waals surface area (Å²) >= 11 is 0. The van der Waals surface area contributed by atoms with Crippen molar-refractivity contribution in [2.75, 3.05) is 0 Å². The van der Waals surface area contributed by atoms with E-state index < -0.39 is 13.9 Å². The lowest BCUT2D eigenvalue weighted by Crippen LogP contribution is -2.20. The van der Waals surface area contributed by atoms with Crippen LogP contribution in [-0.4, -0.2) is 26.7 Å². The Kier molecular flexibility index (Phi) is 11.9. The number of carbonyl (C=O) groups is 1. The van der Waals surface area contributed by atoms with Crippen LogP contribution in [0.4, 0.5) is 4.79 Å². The van der Waals surface area contributed by atoms with Crippen molar-refractivity contribution in [1.29, 1.82) is 5.41 Å². The molecule has 0 bridgehead atoms. The minimum atomic E-state index is -4.64. The lowest BCUT2D eigenvalue weighted by molar-refractivity contribution is 0.256. The second-order valence-corrected chi connectivity index (χ2v) is 2.40. The minimum absolute atomic E-state index is 0.333. The van der Waals surface area contributed by atoms with Gasteiger partial charge in [-0.3, -0.25) is 5.41 Å². The van der Waals surface area contributed by atoms with Crippen molar-refractivity contribution < 1.29 is 24.0 Å². The molecule has 0 aliphatic heterocycles. The summed E-state index contributed by atoms with van der Waals surface area (Å²) < 4.78 is 8.88. The van der Waals surface area contributed by atoms with Gasteiger partial charge < -0.3 is 37.6 Å². The molecule has 0 aromatic carbocycles. The Labute approximate surface area is 73.3 Å². The van der Waals surface area contributed by atoms with Gasteiger partial charge in [0.1, 0.15) is 0 Å². The molecule has 0 saturated heterocycles. The van der Waals surface area contributed by atoms with Crippen molar-refractivity contribution in [2.24, 2.45) is 22.9 Å². The van der Waals surface area contributed by atoms with Gasteiger partial charge in [0.25, 0.3) is 0 Å². The molecule has 0 aromatic rings. The summed E-state index contributed by atoms with van der Waals surface area (Å²) in [7, 11) is -4.64. The Morgan fingerprint density at radius 3 is 1.08 bits per heavy atom. The summed E-state index contributed by atoms with van der Waals surface area (Å²) in [6, 6.07) is -0.833. The van der Waals surface area contributed by atoms with Gasteiger partial charge in [-0.25, -0.2) is 9.36 Å². The lowest BCUT2D eigenvalue weighted by Gasteiger charge is -1.82. The fourth-order valence-corrected chi connectivity index (χ4v) is 0. The summed E-state index contributed by atoms with van der Waals surface area (Å²) in [5.74, 6) is -0.333. The van der Waals surface area contributed by atoms with E-state index in [4.69, 9.17) is 29.4 Å². The van der Waals surface area contributed by atoms with Crippen LogP contribution in [0.1, 0.15) is 0 Å². The molecule has 0 fully saturated rings. The van der Waals surface area contributed by atoms with Crippen LogP contribution in [0.2, 0.25) is 0 Å². The Morgan fingerprint density at radius 1 is 1.08 bits per heavy atom. The lowest BCUT2D eigenvalue weighted by atomic mass is 11.1. The standard InChI is InChI=1S/CH5N3.CH4N2O.H3O4P/c2*2-1(3)4;1-5(2,3)4/h(H5,2,3,4);(H4,2,3,4);(H3,1,2,3,4). The number of nitrogens with two attached hydrogens (primary N) is 4. The summed E-state index contributed by atoms with van der Waals surface area (Å²) in [5, 5.41) is 6.06. The number of nitrogens with one attached hydrogen (secondary N) is 1. The molecule has 0 heterocycles. The van der Waals surface area contributed by atoms with E-state index in [9.17, 15) is 0 Å². The van der Waals surface area contributed by atoms with Crippen LogP contribution in [-0.2, 0) is 4.57 Å². The smallest absolute Gasteiger partial charge is 0.370 e. The molecule has 10 nitrogen and oxygen atoms in total. The van der Waals surface area contributed by atoms with E-state index in [2.05, 4.69) is 22.9 Å². The molecule has 0 aromatic heterocycles. The van der Waals surface area contributed by atoms with E-state index in [0.717, 1.165) is 0 Å². The van der Waals surface area contributed by atoms with Crippen molar-refractivity contribution in [1.82, 2.24) is 0 Å². The SMILES string of the molecule is N=C(N)N.NC(N)=O.O=P(O)(O)O. The topological polar surface area (TPSA) is 223 Å². The molecule has 80 valence electrons. The highest BCUT2D eigenvalue weighted by Crippen LogP contribution is 2.25. The molecule has 0 unspecified atom stereocenters. The molecule has 0 spiro atoms. The van der Waals surface area contributed by atoms with Crippen LogP contribution in [0.5, 0.6) is 0 Å².